The van der Waals surface area contributed by atoms with Crippen molar-refractivity contribution in [2.75, 3.05) is 7.05 Å². The molecule has 2 heteroatoms. The minimum atomic E-state index is 0.172. The van der Waals surface area contributed by atoms with Crippen LogP contribution in [0.5, 0.6) is 0 Å². The van der Waals surface area contributed by atoms with Gasteiger partial charge in [-0.15, -0.1) is 6.58 Å². The molecule has 0 heterocycles. The predicted octanol–water partition coefficient (Wildman–Crippen LogP) is 3.88. The quantitative estimate of drug-likeness (QED) is 0.726. The number of hydrogen-bond donors (Lipinski definition) is 1. The topological polar surface area (TPSA) is 29.3 Å². The van der Waals surface area contributed by atoms with Gasteiger partial charge in [-0.05, 0) is 37.9 Å². The summed E-state index contributed by atoms with van der Waals surface area (Å²) in [5, 5.41) is 0. The molecule has 1 aromatic carbocycles. The normalized spacial score (nSPS) is 12.2. The fourth-order valence-electron chi connectivity index (χ4n) is 2.41. The van der Waals surface area contributed by atoms with Crippen molar-refractivity contribution in [3.63, 3.8) is 0 Å². The van der Waals surface area contributed by atoms with Gasteiger partial charge in [0.1, 0.15) is 0 Å². The molecule has 1 rings (SSSR count). The number of nitrogens with two attached hydrogens (primary N) is 1. The van der Waals surface area contributed by atoms with Gasteiger partial charge in [0.15, 0.2) is 0 Å². The average Bonchev–Trinajstić information content (AvgIpc) is 2.39. The van der Waals surface area contributed by atoms with Crippen molar-refractivity contribution >= 4 is 6.08 Å². The first-order valence-electron chi connectivity index (χ1n) is 6.97. The summed E-state index contributed by atoms with van der Waals surface area (Å²) in [5.41, 5.74) is 10.4. The molecular formula is C18H26N2. The number of rotatable bonds is 8. The van der Waals surface area contributed by atoms with Crippen LogP contribution < -0.4 is 5.73 Å². The molecule has 0 aliphatic heterocycles. The number of hydrogen-bond acceptors (Lipinski definition) is 2. The van der Waals surface area contributed by atoms with Crippen LogP contribution in [0.2, 0.25) is 0 Å². The van der Waals surface area contributed by atoms with E-state index in [1.165, 1.54) is 16.7 Å². The van der Waals surface area contributed by atoms with E-state index in [1.54, 1.807) is 0 Å². The van der Waals surface area contributed by atoms with Crippen molar-refractivity contribution in [2.45, 2.75) is 32.4 Å². The van der Waals surface area contributed by atoms with Crippen molar-refractivity contribution in [3.8, 4) is 0 Å². The molecule has 0 fully saturated rings. The molecule has 0 saturated heterocycles. The number of likely N-dealkylation sites (N-methyl/N-ethyl adjacent to an activating group) is 1. The van der Waals surface area contributed by atoms with E-state index < -0.39 is 0 Å². The van der Waals surface area contributed by atoms with E-state index in [4.69, 9.17) is 5.73 Å². The summed E-state index contributed by atoms with van der Waals surface area (Å²) in [7, 11) is 2.08. The Bertz CT molecular complexity index is 488. The number of aryl methyl sites for hydroxylation is 1. The maximum atomic E-state index is 5.94. The van der Waals surface area contributed by atoms with Crippen molar-refractivity contribution in [1.29, 1.82) is 0 Å². The van der Waals surface area contributed by atoms with Gasteiger partial charge in [-0.25, -0.2) is 0 Å². The SMILES string of the molecule is C=CCCC(C(=C)N)N(C)Cc1cc(C)ccc1C=C. The van der Waals surface area contributed by atoms with Crippen LogP contribution >= 0.6 is 0 Å². The molecule has 108 valence electrons. The van der Waals surface area contributed by atoms with E-state index in [-0.39, 0.29) is 6.04 Å². The minimum Gasteiger partial charge on any atom is -0.401 e. The molecule has 20 heavy (non-hydrogen) atoms. The minimum absolute atomic E-state index is 0.172. The third-order valence-electron chi connectivity index (χ3n) is 3.54. The Hall–Kier alpha value is -1.80. The third kappa shape index (κ3) is 4.39. The fourth-order valence-corrected chi connectivity index (χ4v) is 2.41. The van der Waals surface area contributed by atoms with Gasteiger partial charge < -0.3 is 5.73 Å². The van der Waals surface area contributed by atoms with Gasteiger partial charge in [0, 0.05) is 18.3 Å². The van der Waals surface area contributed by atoms with Crippen LogP contribution in [0.15, 0.2) is 49.7 Å². The molecule has 0 bridgehead atoms. The standard InChI is InChI=1S/C18H26N2/c1-6-8-9-18(15(4)19)20(5)13-17-12-14(3)10-11-16(17)7-2/h6-7,10-12,18H,1-2,4,8-9,13,19H2,3,5H3. The monoisotopic (exact) mass is 270 g/mol. The molecule has 1 atom stereocenters. The Morgan fingerprint density at radius 1 is 1.40 bits per heavy atom. The van der Waals surface area contributed by atoms with Gasteiger partial charge >= 0.3 is 0 Å². The van der Waals surface area contributed by atoms with Crippen molar-refractivity contribution in [2.24, 2.45) is 5.73 Å². The molecule has 0 radical (unpaired) electrons. The number of nitrogens with zero attached hydrogens (tertiary/aromatic N) is 1. The smallest absolute Gasteiger partial charge is 0.0490 e. The Morgan fingerprint density at radius 3 is 2.65 bits per heavy atom. The first kappa shape index (κ1) is 16.3. The zero-order valence-corrected chi connectivity index (χ0v) is 12.7. The van der Waals surface area contributed by atoms with Gasteiger partial charge in [0.2, 0.25) is 0 Å². The fraction of sp³-hybridized carbons (Fsp3) is 0.333. The van der Waals surface area contributed by atoms with E-state index in [9.17, 15) is 0 Å². The lowest BCUT2D eigenvalue weighted by Gasteiger charge is -2.28. The van der Waals surface area contributed by atoms with Crippen LogP contribution in [0, 0.1) is 6.92 Å². The molecule has 1 unspecified atom stereocenters. The lowest BCUT2D eigenvalue weighted by Crippen LogP contribution is -2.35. The maximum absolute atomic E-state index is 5.94. The van der Waals surface area contributed by atoms with Crippen LogP contribution in [0.4, 0.5) is 0 Å². The first-order valence-corrected chi connectivity index (χ1v) is 6.97. The molecule has 0 spiro atoms. The van der Waals surface area contributed by atoms with Crippen molar-refractivity contribution in [1.82, 2.24) is 4.90 Å². The van der Waals surface area contributed by atoms with Crippen molar-refractivity contribution in [3.05, 3.63) is 66.4 Å². The Morgan fingerprint density at radius 2 is 2.10 bits per heavy atom. The number of benzene rings is 1. The molecule has 2 N–H and O–H groups in total. The van der Waals surface area contributed by atoms with Crippen molar-refractivity contribution < 1.29 is 0 Å². The second-order valence-corrected chi connectivity index (χ2v) is 5.28. The summed E-state index contributed by atoms with van der Waals surface area (Å²) >= 11 is 0. The summed E-state index contributed by atoms with van der Waals surface area (Å²) in [4.78, 5) is 2.24. The highest BCUT2D eigenvalue weighted by Gasteiger charge is 2.16. The van der Waals surface area contributed by atoms with Gasteiger partial charge in [-0.3, -0.25) is 4.90 Å². The third-order valence-corrected chi connectivity index (χ3v) is 3.54. The summed E-state index contributed by atoms with van der Waals surface area (Å²) in [6, 6.07) is 6.60. The van der Waals surface area contributed by atoms with E-state index in [1.807, 2.05) is 12.2 Å². The summed E-state index contributed by atoms with van der Waals surface area (Å²) in [5.74, 6) is 0. The van der Waals surface area contributed by atoms with Crippen LogP contribution in [0.1, 0.15) is 29.5 Å². The van der Waals surface area contributed by atoms with Crippen LogP contribution in [0.3, 0.4) is 0 Å². The molecule has 0 aliphatic carbocycles. The van der Waals surface area contributed by atoms with Crippen LogP contribution in [0.25, 0.3) is 6.08 Å². The molecule has 0 aliphatic rings. The largest absolute Gasteiger partial charge is 0.401 e. The second-order valence-electron chi connectivity index (χ2n) is 5.28. The zero-order chi connectivity index (χ0) is 15.1. The van der Waals surface area contributed by atoms with Gasteiger partial charge in [-0.2, -0.15) is 0 Å². The number of allylic oxidation sites excluding steroid dienone is 1. The highest BCUT2D eigenvalue weighted by Crippen LogP contribution is 2.19. The lowest BCUT2D eigenvalue weighted by molar-refractivity contribution is 0.251. The molecule has 0 aromatic heterocycles. The Kier molecular flexibility index (Phi) is 6.26. The molecule has 1 aromatic rings. The predicted molar refractivity (Wildman–Crippen MR) is 89.3 cm³/mol. The zero-order valence-electron chi connectivity index (χ0n) is 12.7. The van der Waals surface area contributed by atoms with Crippen LogP contribution in [-0.2, 0) is 6.54 Å². The van der Waals surface area contributed by atoms with E-state index in [2.05, 4.69) is 56.8 Å². The highest BCUT2D eigenvalue weighted by molar-refractivity contribution is 5.52. The lowest BCUT2D eigenvalue weighted by atomic mass is 10.0. The van der Waals surface area contributed by atoms with Gasteiger partial charge in [-0.1, -0.05) is 49.1 Å². The van der Waals surface area contributed by atoms with Gasteiger partial charge in [0.25, 0.3) is 0 Å². The Balaban J connectivity index is 2.89. The highest BCUT2D eigenvalue weighted by atomic mass is 15.1. The summed E-state index contributed by atoms with van der Waals surface area (Å²) in [6.45, 7) is 14.5. The molecule has 0 saturated carbocycles. The summed E-state index contributed by atoms with van der Waals surface area (Å²) in [6.07, 6.45) is 5.71. The summed E-state index contributed by atoms with van der Waals surface area (Å²) < 4.78 is 0. The molecule has 0 amide bonds. The van der Waals surface area contributed by atoms with E-state index in [0.29, 0.717) is 5.70 Å². The maximum Gasteiger partial charge on any atom is 0.0490 e. The van der Waals surface area contributed by atoms with Crippen LogP contribution in [-0.4, -0.2) is 18.0 Å². The van der Waals surface area contributed by atoms with Gasteiger partial charge in [0.05, 0.1) is 0 Å². The molecular weight excluding hydrogens is 244 g/mol. The van der Waals surface area contributed by atoms with E-state index >= 15 is 0 Å². The second kappa shape index (κ2) is 7.71. The first-order chi connectivity index (χ1) is 9.49. The Labute approximate surface area is 123 Å². The average molecular weight is 270 g/mol. The van der Waals surface area contributed by atoms with E-state index in [0.717, 1.165) is 19.4 Å². The molecule has 2 nitrogen and oxygen atoms in total.